The van der Waals surface area contributed by atoms with Crippen LogP contribution < -0.4 is 4.90 Å². The van der Waals surface area contributed by atoms with Gasteiger partial charge in [-0.3, -0.25) is 14.7 Å². The van der Waals surface area contributed by atoms with E-state index in [0.29, 0.717) is 0 Å². The normalized spacial score (nSPS) is 15.7. The molecule has 0 amide bonds. The Balaban J connectivity index is 1.70. The Morgan fingerprint density at radius 3 is 2.55 bits per heavy atom. The molecular weight excluding hydrogens is 282 g/mol. The molecule has 3 rings (SSSR count). The molecule has 1 saturated heterocycles. The number of carboxylic acids is 1. The van der Waals surface area contributed by atoms with Crippen molar-refractivity contribution < 1.29 is 9.90 Å². The maximum atomic E-state index is 10.7. The minimum absolute atomic E-state index is 0.0971. The first kappa shape index (κ1) is 14.4. The topological polar surface area (TPSA) is 82.5 Å². The molecule has 1 aliphatic heterocycles. The van der Waals surface area contributed by atoms with E-state index in [1.165, 1.54) is 0 Å². The molecule has 3 heterocycles. The van der Waals surface area contributed by atoms with Crippen LogP contribution in [0.15, 0.2) is 36.9 Å². The van der Waals surface area contributed by atoms with Crippen molar-refractivity contribution >= 4 is 11.8 Å². The second kappa shape index (κ2) is 6.48. The van der Waals surface area contributed by atoms with Crippen LogP contribution in [-0.2, 0) is 4.79 Å². The van der Waals surface area contributed by atoms with Crippen LogP contribution in [0.3, 0.4) is 0 Å². The molecule has 0 unspecified atom stereocenters. The number of hydrogen-bond acceptors (Lipinski definition) is 6. The second-order valence-electron chi connectivity index (χ2n) is 5.15. The van der Waals surface area contributed by atoms with Crippen molar-refractivity contribution in [2.24, 2.45) is 0 Å². The Kier molecular flexibility index (Phi) is 4.24. The predicted molar refractivity (Wildman–Crippen MR) is 81.6 cm³/mol. The minimum atomic E-state index is -0.782. The van der Waals surface area contributed by atoms with Crippen molar-refractivity contribution in [1.29, 1.82) is 0 Å². The van der Waals surface area contributed by atoms with E-state index in [1.807, 2.05) is 23.1 Å². The van der Waals surface area contributed by atoms with Crippen LogP contribution in [0.25, 0.3) is 11.3 Å². The van der Waals surface area contributed by atoms with Gasteiger partial charge in [0.2, 0.25) is 0 Å². The summed E-state index contributed by atoms with van der Waals surface area (Å²) < 4.78 is 0. The number of hydrogen-bond donors (Lipinski definition) is 1. The largest absolute Gasteiger partial charge is 0.480 e. The molecule has 114 valence electrons. The summed E-state index contributed by atoms with van der Waals surface area (Å²) in [6.45, 7) is 3.07. The molecule has 0 bridgehead atoms. The van der Waals surface area contributed by atoms with Crippen molar-refractivity contribution in [2.45, 2.75) is 0 Å². The molecule has 7 heteroatoms. The fourth-order valence-corrected chi connectivity index (χ4v) is 2.53. The number of anilines is 1. The van der Waals surface area contributed by atoms with Crippen molar-refractivity contribution in [3.05, 3.63) is 36.9 Å². The number of aromatic nitrogens is 3. The number of piperazine rings is 1. The van der Waals surface area contributed by atoms with Gasteiger partial charge in [0, 0.05) is 50.2 Å². The van der Waals surface area contributed by atoms with Gasteiger partial charge < -0.3 is 10.0 Å². The van der Waals surface area contributed by atoms with Crippen LogP contribution in [0, 0.1) is 0 Å². The first-order valence-corrected chi connectivity index (χ1v) is 7.14. The highest BCUT2D eigenvalue weighted by atomic mass is 16.4. The highest BCUT2D eigenvalue weighted by Crippen LogP contribution is 2.20. The van der Waals surface area contributed by atoms with Crippen LogP contribution in [0.4, 0.5) is 5.82 Å². The molecule has 2 aromatic rings. The van der Waals surface area contributed by atoms with Crippen LogP contribution in [0.1, 0.15) is 0 Å². The second-order valence-corrected chi connectivity index (χ2v) is 5.15. The van der Waals surface area contributed by atoms with Gasteiger partial charge in [0.05, 0.1) is 12.2 Å². The highest BCUT2D eigenvalue weighted by molar-refractivity contribution is 5.69. The van der Waals surface area contributed by atoms with Gasteiger partial charge in [-0.15, -0.1) is 0 Å². The molecule has 0 radical (unpaired) electrons. The van der Waals surface area contributed by atoms with E-state index in [4.69, 9.17) is 5.11 Å². The Labute approximate surface area is 128 Å². The van der Waals surface area contributed by atoms with Gasteiger partial charge in [0.25, 0.3) is 0 Å². The SMILES string of the molecule is O=C(O)CN1CCN(c2cc(-c3ccncc3)ncn2)CC1. The summed E-state index contributed by atoms with van der Waals surface area (Å²) in [6.07, 6.45) is 5.04. The van der Waals surface area contributed by atoms with Crippen molar-refractivity contribution in [3.63, 3.8) is 0 Å². The average molecular weight is 299 g/mol. The summed E-state index contributed by atoms with van der Waals surface area (Å²) >= 11 is 0. The zero-order valence-electron chi connectivity index (χ0n) is 12.1. The molecular formula is C15H17N5O2. The van der Waals surface area contributed by atoms with Crippen LogP contribution in [-0.4, -0.2) is 63.7 Å². The lowest BCUT2D eigenvalue weighted by Crippen LogP contribution is -2.48. The first-order chi connectivity index (χ1) is 10.7. The predicted octanol–water partition coefficient (Wildman–Crippen LogP) is 0.745. The molecule has 0 aromatic carbocycles. The van der Waals surface area contributed by atoms with Crippen molar-refractivity contribution in [3.8, 4) is 11.3 Å². The van der Waals surface area contributed by atoms with Gasteiger partial charge >= 0.3 is 5.97 Å². The summed E-state index contributed by atoms with van der Waals surface area (Å²) in [5.74, 6) is 0.0900. The summed E-state index contributed by atoms with van der Waals surface area (Å²) in [7, 11) is 0. The van der Waals surface area contributed by atoms with E-state index >= 15 is 0 Å². The van der Waals surface area contributed by atoms with Gasteiger partial charge in [0.15, 0.2) is 0 Å². The zero-order chi connectivity index (χ0) is 15.4. The third kappa shape index (κ3) is 3.37. The van der Waals surface area contributed by atoms with Crippen LogP contribution in [0.5, 0.6) is 0 Å². The molecule has 0 atom stereocenters. The summed E-state index contributed by atoms with van der Waals surface area (Å²) in [6, 6.07) is 5.79. The number of nitrogens with zero attached hydrogens (tertiary/aromatic N) is 5. The number of rotatable bonds is 4. The Bertz CT molecular complexity index is 641. The van der Waals surface area contributed by atoms with Gasteiger partial charge in [-0.2, -0.15) is 0 Å². The van der Waals surface area contributed by atoms with Crippen molar-refractivity contribution in [2.75, 3.05) is 37.6 Å². The third-order valence-corrected chi connectivity index (χ3v) is 3.68. The van der Waals surface area contributed by atoms with Crippen LogP contribution in [0.2, 0.25) is 0 Å². The van der Waals surface area contributed by atoms with Gasteiger partial charge in [-0.05, 0) is 12.1 Å². The van der Waals surface area contributed by atoms with E-state index in [9.17, 15) is 4.79 Å². The lowest BCUT2D eigenvalue weighted by Gasteiger charge is -2.34. The Hall–Kier alpha value is -2.54. The molecule has 1 N–H and O–H groups in total. The molecule has 2 aromatic heterocycles. The van der Waals surface area contributed by atoms with E-state index < -0.39 is 5.97 Å². The maximum Gasteiger partial charge on any atom is 0.317 e. The lowest BCUT2D eigenvalue weighted by molar-refractivity contribution is -0.138. The zero-order valence-corrected chi connectivity index (χ0v) is 12.1. The monoisotopic (exact) mass is 299 g/mol. The fraction of sp³-hybridized carbons (Fsp3) is 0.333. The Morgan fingerprint density at radius 2 is 1.86 bits per heavy atom. The lowest BCUT2D eigenvalue weighted by atomic mass is 10.2. The maximum absolute atomic E-state index is 10.7. The standard InChI is InChI=1S/C15H17N5O2/c21-15(22)10-19-5-7-20(8-6-19)14-9-13(17-11-18-14)12-1-3-16-4-2-12/h1-4,9,11H,5-8,10H2,(H,21,22). The molecule has 1 aliphatic rings. The smallest absolute Gasteiger partial charge is 0.317 e. The molecule has 0 aliphatic carbocycles. The fourth-order valence-electron chi connectivity index (χ4n) is 2.53. The molecule has 7 nitrogen and oxygen atoms in total. The van der Waals surface area contributed by atoms with E-state index in [-0.39, 0.29) is 6.54 Å². The van der Waals surface area contributed by atoms with Gasteiger partial charge in [0.1, 0.15) is 12.1 Å². The third-order valence-electron chi connectivity index (χ3n) is 3.68. The summed E-state index contributed by atoms with van der Waals surface area (Å²) in [5.41, 5.74) is 1.86. The van der Waals surface area contributed by atoms with Gasteiger partial charge in [-0.1, -0.05) is 0 Å². The average Bonchev–Trinajstić information content (AvgIpc) is 2.56. The molecule has 1 fully saturated rings. The first-order valence-electron chi connectivity index (χ1n) is 7.14. The highest BCUT2D eigenvalue weighted by Gasteiger charge is 2.20. The summed E-state index contributed by atoms with van der Waals surface area (Å²) in [5, 5.41) is 8.83. The number of carbonyl (C=O) groups is 1. The van der Waals surface area contributed by atoms with Gasteiger partial charge in [-0.25, -0.2) is 9.97 Å². The van der Waals surface area contributed by atoms with Crippen LogP contribution >= 0.6 is 0 Å². The summed E-state index contributed by atoms with van der Waals surface area (Å²) in [4.78, 5) is 27.5. The van der Waals surface area contributed by atoms with E-state index in [1.54, 1.807) is 18.7 Å². The molecule has 22 heavy (non-hydrogen) atoms. The number of carboxylic acid groups (broad SMARTS) is 1. The quantitative estimate of drug-likeness (QED) is 0.891. The number of aliphatic carboxylic acids is 1. The minimum Gasteiger partial charge on any atom is -0.480 e. The van der Waals surface area contributed by atoms with E-state index in [2.05, 4.69) is 19.9 Å². The van der Waals surface area contributed by atoms with E-state index in [0.717, 1.165) is 43.3 Å². The molecule has 0 spiro atoms. The Morgan fingerprint density at radius 1 is 1.14 bits per heavy atom. The van der Waals surface area contributed by atoms with Crippen molar-refractivity contribution in [1.82, 2.24) is 19.9 Å². The number of pyridine rings is 1. The molecule has 0 saturated carbocycles.